The molecule has 1 N–H and O–H groups in total. The van der Waals surface area contributed by atoms with Crippen molar-refractivity contribution in [1.82, 2.24) is 9.88 Å². The molecule has 0 saturated carbocycles. The molecule has 1 fully saturated rings. The summed E-state index contributed by atoms with van der Waals surface area (Å²) >= 11 is 17.7. The molecule has 3 aromatic carbocycles. The Morgan fingerprint density at radius 2 is 1.75 bits per heavy atom. The van der Waals surface area contributed by atoms with Gasteiger partial charge in [0.1, 0.15) is 11.4 Å². The van der Waals surface area contributed by atoms with Crippen LogP contribution in [0.15, 0.2) is 72.3 Å². The summed E-state index contributed by atoms with van der Waals surface area (Å²) in [6.07, 6.45) is 1.53. The van der Waals surface area contributed by atoms with E-state index in [0.717, 1.165) is 27.1 Å². The van der Waals surface area contributed by atoms with Crippen molar-refractivity contribution in [3.8, 4) is 0 Å². The van der Waals surface area contributed by atoms with Crippen LogP contribution >= 0.6 is 35.4 Å². The highest BCUT2D eigenvalue weighted by Crippen LogP contribution is 2.32. The van der Waals surface area contributed by atoms with Crippen LogP contribution in [0.1, 0.15) is 16.8 Å². The molecule has 0 radical (unpaired) electrons. The summed E-state index contributed by atoms with van der Waals surface area (Å²) in [6.45, 7) is 2.36. The van der Waals surface area contributed by atoms with Gasteiger partial charge in [-0.1, -0.05) is 59.6 Å². The fourth-order valence-corrected chi connectivity index (χ4v) is 5.06. The number of carbonyl (C=O) groups is 2. The van der Waals surface area contributed by atoms with Crippen molar-refractivity contribution in [1.29, 1.82) is 0 Å². The normalized spacial score (nSPS) is 15.2. The van der Waals surface area contributed by atoms with Crippen LogP contribution in [0.2, 0.25) is 10.0 Å². The van der Waals surface area contributed by atoms with E-state index in [2.05, 4.69) is 9.88 Å². The smallest absolute Gasteiger partial charge is 0.270 e. The van der Waals surface area contributed by atoms with Crippen molar-refractivity contribution < 1.29 is 14.0 Å². The summed E-state index contributed by atoms with van der Waals surface area (Å²) in [5.74, 6) is -1.98. The summed E-state index contributed by atoms with van der Waals surface area (Å²) in [4.78, 5) is 27.3. The van der Waals surface area contributed by atoms with Gasteiger partial charge in [0.2, 0.25) is 0 Å². The standard InChI is InChI=1S/C27H18Cl2FN3O2S/c1-15-19(13-20-25(34)31-27(36)33(26(20)35)24-9-5-3-7-22(24)30)18-6-2-4-8-23(18)32(15)14-16-10-11-17(28)12-21(16)29/h2-13H,14H2,1H3,(H,31,34,36)/b20-13+. The minimum atomic E-state index is -0.703. The van der Waals surface area contributed by atoms with E-state index in [4.69, 9.17) is 35.4 Å². The number of hydrogen-bond donors (Lipinski definition) is 1. The zero-order valence-corrected chi connectivity index (χ0v) is 21.2. The van der Waals surface area contributed by atoms with Gasteiger partial charge in [-0.25, -0.2) is 9.29 Å². The predicted molar refractivity (Wildman–Crippen MR) is 145 cm³/mol. The molecule has 1 aliphatic rings. The van der Waals surface area contributed by atoms with Gasteiger partial charge in [0, 0.05) is 38.8 Å². The fraction of sp³-hybridized carbons (Fsp3) is 0.0741. The Bertz CT molecular complexity index is 1610. The highest BCUT2D eigenvalue weighted by atomic mass is 35.5. The summed E-state index contributed by atoms with van der Waals surface area (Å²) in [5, 5.41) is 4.26. The third-order valence-corrected chi connectivity index (χ3v) is 6.98. The number of aromatic nitrogens is 1. The van der Waals surface area contributed by atoms with Gasteiger partial charge in [-0.15, -0.1) is 0 Å². The Morgan fingerprint density at radius 1 is 1.03 bits per heavy atom. The summed E-state index contributed by atoms with van der Waals surface area (Å²) in [5.41, 5.74) is 3.10. The SMILES string of the molecule is Cc1c(/C=C2\C(=O)NC(=S)N(c3ccccc3F)C2=O)c2ccccc2n1Cc1ccc(Cl)cc1Cl. The number of nitrogens with zero attached hydrogens (tertiary/aromatic N) is 2. The number of amides is 2. The quantitative estimate of drug-likeness (QED) is 0.189. The molecule has 5 rings (SSSR count). The van der Waals surface area contributed by atoms with Crippen LogP contribution in [0.5, 0.6) is 0 Å². The molecule has 2 heterocycles. The number of benzene rings is 3. The van der Waals surface area contributed by atoms with Gasteiger partial charge in [-0.2, -0.15) is 0 Å². The Hall–Kier alpha value is -3.52. The fourth-order valence-electron chi connectivity index (χ4n) is 4.32. The van der Waals surface area contributed by atoms with Crippen molar-refractivity contribution in [2.45, 2.75) is 13.5 Å². The zero-order valence-electron chi connectivity index (χ0n) is 18.9. The molecule has 9 heteroatoms. The molecule has 0 bridgehead atoms. The van der Waals surface area contributed by atoms with Crippen LogP contribution in [0.3, 0.4) is 0 Å². The molecule has 2 amide bonds. The number of thiocarbonyl (C=S) groups is 1. The van der Waals surface area contributed by atoms with Crippen LogP contribution < -0.4 is 10.2 Å². The maximum atomic E-state index is 14.5. The number of carbonyl (C=O) groups excluding carboxylic acids is 2. The van der Waals surface area contributed by atoms with E-state index in [9.17, 15) is 14.0 Å². The van der Waals surface area contributed by atoms with Gasteiger partial charge < -0.3 is 4.57 Å². The zero-order chi connectivity index (χ0) is 25.6. The molecular formula is C27H18Cl2FN3O2S. The van der Waals surface area contributed by atoms with E-state index < -0.39 is 17.6 Å². The molecule has 180 valence electrons. The van der Waals surface area contributed by atoms with E-state index in [1.54, 1.807) is 18.2 Å². The first-order valence-electron chi connectivity index (χ1n) is 10.9. The van der Waals surface area contributed by atoms with Crippen LogP contribution in [-0.4, -0.2) is 21.5 Å². The third kappa shape index (κ3) is 4.19. The first kappa shape index (κ1) is 24.2. The highest BCUT2D eigenvalue weighted by Gasteiger charge is 2.36. The minimum absolute atomic E-state index is 0.0325. The average Bonchev–Trinajstić information content (AvgIpc) is 3.10. The number of rotatable bonds is 4. The van der Waals surface area contributed by atoms with E-state index >= 15 is 0 Å². The molecule has 0 spiro atoms. The lowest BCUT2D eigenvalue weighted by molar-refractivity contribution is -0.122. The molecule has 1 saturated heterocycles. The number of fused-ring (bicyclic) bond motifs is 1. The van der Waals surface area contributed by atoms with Crippen molar-refractivity contribution in [2.75, 3.05) is 4.90 Å². The predicted octanol–water partition coefficient (Wildman–Crippen LogP) is 6.28. The molecule has 36 heavy (non-hydrogen) atoms. The number of anilines is 1. The Morgan fingerprint density at radius 3 is 2.50 bits per heavy atom. The van der Waals surface area contributed by atoms with Gasteiger partial charge in [0.15, 0.2) is 5.11 Å². The van der Waals surface area contributed by atoms with Gasteiger partial charge in [0.05, 0.1) is 5.69 Å². The van der Waals surface area contributed by atoms with Crippen LogP contribution in [0.4, 0.5) is 10.1 Å². The molecule has 0 atom stereocenters. The molecule has 5 nitrogen and oxygen atoms in total. The number of para-hydroxylation sites is 2. The van der Waals surface area contributed by atoms with Gasteiger partial charge in [0.25, 0.3) is 11.8 Å². The second-order valence-electron chi connectivity index (χ2n) is 8.25. The minimum Gasteiger partial charge on any atom is -0.340 e. The Labute approximate surface area is 221 Å². The first-order valence-corrected chi connectivity index (χ1v) is 12.1. The summed E-state index contributed by atoms with van der Waals surface area (Å²) in [6, 6.07) is 18.8. The van der Waals surface area contributed by atoms with Crippen molar-refractivity contribution in [3.63, 3.8) is 0 Å². The number of nitrogens with one attached hydrogen (secondary N) is 1. The van der Waals surface area contributed by atoms with E-state index in [0.29, 0.717) is 22.2 Å². The Kier molecular flexibility index (Phi) is 6.38. The van der Waals surface area contributed by atoms with Crippen molar-refractivity contribution in [3.05, 3.63) is 105 Å². The van der Waals surface area contributed by atoms with Crippen LogP contribution in [-0.2, 0) is 16.1 Å². The van der Waals surface area contributed by atoms with E-state index in [1.807, 2.05) is 37.3 Å². The number of halogens is 3. The second-order valence-corrected chi connectivity index (χ2v) is 9.48. The molecule has 0 unspecified atom stereocenters. The molecule has 1 aliphatic heterocycles. The van der Waals surface area contributed by atoms with Crippen molar-refractivity contribution >= 4 is 75.0 Å². The van der Waals surface area contributed by atoms with Crippen molar-refractivity contribution in [2.24, 2.45) is 0 Å². The van der Waals surface area contributed by atoms with Gasteiger partial charge >= 0.3 is 0 Å². The third-order valence-electron chi connectivity index (χ3n) is 6.11. The average molecular weight is 538 g/mol. The monoisotopic (exact) mass is 537 g/mol. The lowest BCUT2D eigenvalue weighted by atomic mass is 10.0. The summed E-state index contributed by atoms with van der Waals surface area (Å²) in [7, 11) is 0. The number of hydrogen-bond acceptors (Lipinski definition) is 3. The maximum Gasteiger partial charge on any atom is 0.270 e. The van der Waals surface area contributed by atoms with Gasteiger partial charge in [-0.3, -0.25) is 14.9 Å². The molecule has 4 aromatic rings. The van der Waals surface area contributed by atoms with Crippen LogP contribution in [0, 0.1) is 12.7 Å². The van der Waals surface area contributed by atoms with Gasteiger partial charge in [-0.05, 0) is 61.1 Å². The lowest BCUT2D eigenvalue weighted by Gasteiger charge is -2.29. The molecule has 1 aromatic heterocycles. The lowest BCUT2D eigenvalue weighted by Crippen LogP contribution is -2.54. The van der Waals surface area contributed by atoms with E-state index in [1.165, 1.54) is 24.3 Å². The van der Waals surface area contributed by atoms with Crippen LogP contribution in [0.25, 0.3) is 17.0 Å². The topological polar surface area (TPSA) is 54.3 Å². The highest BCUT2D eigenvalue weighted by molar-refractivity contribution is 7.80. The first-order chi connectivity index (χ1) is 17.3. The second kappa shape index (κ2) is 9.50. The Balaban J connectivity index is 1.63. The largest absolute Gasteiger partial charge is 0.340 e. The van der Waals surface area contributed by atoms with E-state index in [-0.39, 0.29) is 16.4 Å². The summed E-state index contributed by atoms with van der Waals surface area (Å²) < 4.78 is 16.6. The maximum absolute atomic E-state index is 14.5. The molecule has 0 aliphatic carbocycles. The molecular weight excluding hydrogens is 520 g/mol.